The van der Waals surface area contributed by atoms with E-state index in [-0.39, 0.29) is 12.6 Å². The molecule has 0 unspecified atom stereocenters. The predicted octanol–water partition coefficient (Wildman–Crippen LogP) is 2.80. The Kier molecular flexibility index (Phi) is 5.23. The van der Waals surface area contributed by atoms with E-state index in [1.807, 2.05) is 5.38 Å². The van der Waals surface area contributed by atoms with E-state index < -0.39 is 10.0 Å². The molecule has 1 saturated carbocycles. The van der Waals surface area contributed by atoms with Crippen LogP contribution in [0.4, 0.5) is 0 Å². The summed E-state index contributed by atoms with van der Waals surface area (Å²) in [5, 5.41) is 1.82. The van der Waals surface area contributed by atoms with E-state index in [4.69, 9.17) is 5.73 Å². The Labute approximate surface area is 126 Å². The number of sulfonamides is 1. The van der Waals surface area contributed by atoms with Crippen molar-refractivity contribution < 1.29 is 8.42 Å². The zero-order valence-corrected chi connectivity index (χ0v) is 13.8. The molecule has 1 aliphatic rings. The molecule has 1 aromatic rings. The molecule has 0 spiro atoms. The maximum absolute atomic E-state index is 13.0. The van der Waals surface area contributed by atoms with Crippen LogP contribution in [0, 0.1) is 5.92 Å². The Morgan fingerprint density at radius 3 is 2.60 bits per heavy atom. The maximum Gasteiger partial charge on any atom is 0.244 e. The van der Waals surface area contributed by atoms with Crippen LogP contribution in [0.2, 0.25) is 0 Å². The largest absolute Gasteiger partial charge is 0.326 e. The summed E-state index contributed by atoms with van der Waals surface area (Å²) in [6.07, 6.45) is 4.21. The van der Waals surface area contributed by atoms with E-state index in [1.54, 1.807) is 10.4 Å². The highest BCUT2D eigenvalue weighted by molar-refractivity contribution is 7.89. The van der Waals surface area contributed by atoms with Gasteiger partial charge in [-0.15, -0.1) is 11.3 Å². The molecule has 1 aliphatic carbocycles. The molecule has 0 saturated heterocycles. The summed E-state index contributed by atoms with van der Waals surface area (Å²) in [6, 6.07) is 1.86. The number of rotatable bonds is 6. The van der Waals surface area contributed by atoms with Gasteiger partial charge >= 0.3 is 0 Å². The van der Waals surface area contributed by atoms with E-state index in [1.165, 1.54) is 11.3 Å². The Hall–Kier alpha value is -0.430. The first-order valence-corrected chi connectivity index (χ1v) is 9.57. The second kappa shape index (κ2) is 6.56. The quantitative estimate of drug-likeness (QED) is 0.877. The van der Waals surface area contributed by atoms with Crippen molar-refractivity contribution in [1.29, 1.82) is 0 Å². The molecule has 0 bridgehead atoms. The lowest BCUT2D eigenvalue weighted by Crippen LogP contribution is -2.41. The Balaban J connectivity index is 2.35. The van der Waals surface area contributed by atoms with Gasteiger partial charge in [0.1, 0.15) is 0 Å². The van der Waals surface area contributed by atoms with E-state index in [9.17, 15) is 8.42 Å². The first-order valence-electron chi connectivity index (χ1n) is 7.25. The fourth-order valence-electron chi connectivity index (χ4n) is 2.83. The fourth-order valence-corrected chi connectivity index (χ4v) is 5.99. The van der Waals surface area contributed by atoms with Gasteiger partial charge in [0.15, 0.2) is 0 Å². The second-order valence-corrected chi connectivity index (χ2v) is 8.68. The lowest BCUT2D eigenvalue weighted by Gasteiger charge is -2.29. The predicted molar refractivity (Wildman–Crippen MR) is 83.2 cm³/mol. The van der Waals surface area contributed by atoms with Crippen molar-refractivity contribution in [2.24, 2.45) is 11.7 Å². The summed E-state index contributed by atoms with van der Waals surface area (Å²) < 4.78 is 27.7. The van der Waals surface area contributed by atoms with Gasteiger partial charge in [-0.05, 0) is 30.2 Å². The highest BCUT2D eigenvalue weighted by Gasteiger charge is 2.34. The third-order valence-electron chi connectivity index (χ3n) is 3.75. The van der Waals surface area contributed by atoms with E-state index in [0.29, 0.717) is 17.4 Å². The number of hydrogen-bond acceptors (Lipinski definition) is 4. The Morgan fingerprint density at radius 2 is 2.05 bits per heavy atom. The van der Waals surface area contributed by atoms with Crippen molar-refractivity contribution in [2.75, 3.05) is 6.54 Å². The smallest absolute Gasteiger partial charge is 0.244 e. The highest BCUT2D eigenvalue weighted by Crippen LogP contribution is 2.32. The number of nitrogens with two attached hydrogens (primary N) is 1. The molecule has 2 rings (SSSR count). The van der Waals surface area contributed by atoms with Crippen LogP contribution < -0.4 is 5.73 Å². The van der Waals surface area contributed by atoms with Gasteiger partial charge in [-0.3, -0.25) is 0 Å². The van der Waals surface area contributed by atoms with Gasteiger partial charge in [0.05, 0.1) is 4.90 Å². The van der Waals surface area contributed by atoms with Crippen molar-refractivity contribution in [2.45, 2.75) is 57.0 Å². The van der Waals surface area contributed by atoms with E-state index >= 15 is 0 Å². The monoisotopic (exact) mass is 316 g/mol. The molecule has 0 amide bonds. The molecule has 4 nitrogen and oxygen atoms in total. The van der Waals surface area contributed by atoms with Gasteiger partial charge in [0.2, 0.25) is 10.0 Å². The van der Waals surface area contributed by atoms with Gasteiger partial charge in [0.25, 0.3) is 0 Å². The van der Waals surface area contributed by atoms with Crippen LogP contribution in [0.15, 0.2) is 16.3 Å². The molecule has 6 heteroatoms. The van der Waals surface area contributed by atoms with Crippen LogP contribution in [0.1, 0.15) is 44.4 Å². The molecule has 0 aromatic carbocycles. The molecule has 0 aliphatic heterocycles. The van der Waals surface area contributed by atoms with Crippen LogP contribution in [0.25, 0.3) is 0 Å². The third-order valence-corrected chi connectivity index (χ3v) is 6.83. The maximum atomic E-state index is 13.0. The van der Waals surface area contributed by atoms with Crippen LogP contribution in [0.5, 0.6) is 0 Å². The van der Waals surface area contributed by atoms with Crippen LogP contribution in [0.3, 0.4) is 0 Å². The molecule has 1 aromatic heterocycles. The van der Waals surface area contributed by atoms with Crippen LogP contribution in [-0.2, 0) is 16.6 Å². The minimum absolute atomic E-state index is 0.160. The van der Waals surface area contributed by atoms with Crippen molar-refractivity contribution in [3.63, 3.8) is 0 Å². The summed E-state index contributed by atoms with van der Waals surface area (Å²) in [7, 11) is -3.42. The summed E-state index contributed by atoms with van der Waals surface area (Å²) in [5.74, 6) is 0.324. The molecule has 0 atom stereocenters. The molecular formula is C14H24N2O2S2. The van der Waals surface area contributed by atoms with E-state index in [0.717, 1.165) is 30.6 Å². The van der Waals surface area contributed by atoms with Crippen LogP contribution in [-0.4, -0.2) is 25.3 Å². The average molecular weight is 316 g/mol. The Morgan fingerprint density at radius 1 is 1.40 bits per heavy atom. The number of nitrogens with zero attached hydrogens (tertiary/aromatic N) is 1. The van der Waals surface area contributed by atoms with Crippen molar-refractivity contribution in [3.8, 4) is 0 Å². The third kappa shape index (κ3) is 3.24. The Bertz CT molecular complexity index is 531. The molecule has 2 N–H and O–H groups in total. The second-order valence-electron chi connectivity index (χ2n) is 5.82. The minimum atomic E-state index is -3.42. The topological polar surface area (TPSA) is 63.4 Å². The van der Waals surface area contributed by atoms with Gasteiger partial charge in [-0.2, -0.15) is 4.31 Å². The summed E-state index contributed by atoms with van der Waals surface area (Å²) in [6.45, 7) is 5.00. The van der Waals surface area contributed by atoms with Gasteiger partial charge in [0, 0.05) is 24.0 Å². The minimum Gasteiger partial charge on any atom is -0.326 e. The van der Waals surface area contributed by atoms with Crippen molar-refractivity contribution in [3.05, 3.63) is 16.3 Å². The fraction of sp³-hybridized carbons (Fsp3) is 0.714. The lowest BCUT2D eigenvalue weighted by molar-refractivity contribution is 0.292. The lowest BCUT2D eigenvalue weighted by atomic mass is 10.2. The molecule has 0 radical (unpaired) electrons. The summed E-state index contributed by atoms with van der Waals surface area (Å²) in [5.41, 5.74) is 5.67. The molecule has 1 heterocycles. The average Bonchev–Trinajstić information content (AvgIpc) is 3.06. The van der Waals surface area contributed by atoms with Crippen molar-refractivity contribution in [1.82, 2.24) is 4.31 Å². The van der Waals surface area contributed by atoms with E-state index in [2.05, 4.69) is 13.8 Å². The SMILES string of the molecule is CC(C)CN(C1CCCC1)S(=O)(=O)c1ccsc1CN. The van der Waals surface area contributed by atoms with Gasteiger partial charge in [-0.25, -0.2) is 8.42 Å². The van der Waals surface area contributed by atoms with Gasteiger partial charge < -0.3 is 5.73 Å². The summed E-state index contributed by atoms with van der Waals surface area (Å²) >= 11 is 1.42. The van der Waals surface area contributed by atoms with Gasteiger partial charge in [-0.1, -0.05) is 26.7 Å². The molecule has 114 valence electrons. The van der Waals surface area contributed by atoms with Crippen LogP contribution >= 0.6 is 11.3 Å². The molecular weight excluding hydrogens is 292 g/mol. The summed E-state index contributed by atoms with van der Waals surface area (Å²) in [4.78, 5) is 1.18. The van der Waals surface area contributed by atoms with Crippen molar-refractivity contribution >= 4 is 21.4 Å². The zero-order valence-electron chi connectivity index (χ0n) is 12.2. The number of thiophene rings is 1. The molecule has 1 fully saturated rings. The molecule has 20 heavy (non-hydrogen) atoms. The first-order chi connectivity index (χ1) is 9.46. The highest BCUT2D eigenvalue weighted by atomic mass is 32.2. The standard InChI is InChI=1S/C14H24N2O2S2/c1-11(2)10-16(12-5-3-4-6-12)20(17,18)14-7-8-19-13(14)9-15/h7-8,11-12H,3-6,9-10,15H2,1-2H3. The first kappa shape index (κ1) is 15.9. The zero-order chi connectivity index (χ0) is 14.8. The number of hydrogen-bond donors (Lipinski definition) is 1. The normalized spacial score (nSPS) is 17.4.